The van der Waals surface area contributed by atoms with E-state index in [1.54, 1.807) is 35.5 Å². The Kier molecular flexibility index (Phi) is 5.23. The van der Waals surface area contributed by atoms with E-state index in [1.807, 2.05) is 24.3 Å². The largest absolute Gasteiger partial charge is 0.486 e. The first-order valence-corrected chi connectivity index (χ1v) is 10.8. The number of ether oxygens (including phenoxy) is 2. The summed E-state index contributed by atoms with van der Waals surface area (Å²) in [7, 11) is 0. The van der Waals surface area contributed by atoms with Crippen LogP contribution in [-0.2, 0) is 0 Å². The van der Waals surface area contributed by atoms with Crippen LogP contribution in [-0.4, -0.2) is 42.2 Å². The number of rotatable bonds is 5. The average molecular weight is 433 g/mol. The van der Waals surface area contributed by atoms with E-state index in [9.17, 15) is 4.79 Å². The summed E-state index contributed by atoms with van der Waals surface area (Å²) in [4.78, 5) is 23.7. The van der Waals surface area contributed by atoms with Crippen molar-refractivity contribution in [2.24, 2.45) is 5.73 Å². The number of carbonyl (C=O) groups excluding carboxylic acids is 1. The van der Waals surface area contributed by atoms with Crippen molar-refractivity contribution in [3.63, 3.8) is 0 Å². The minimum absolute atomic E-state index is 0.171. The van der Waals surface area contributed by atoms with Crippen LogP contribution in [0.5, 0.6) is 11.5 Å². The van der Waals surface area contributed by atoms with E-state index < -0.39 is 0 Å². The summed E-state index contributed by atoms with van der Waals surface area (Å²) in [5, 5.41) is 0.618. The molecule has 7 nitrogen and oxygen atoms in total. The predicted octanol–water partition coefficient (Wildman–Crippen LogP) is 3.74. The number of anilines is 1. The topological polar surface area (TPSA) is 90.6 Å². The van der Waals surface area contributed by atoms with Gasteiger partial charge in [0.1, 0.15) is 13.2 Å². The number of amides is 1. The van der Waals surface area contributed by atoms with Crippen LogP contribution in [0, 0.1) is 0 Å². The zero-order valence-electron chi connectivity index (χ0n) is 16.7. The molecule has 0 bridgehead atoms. The Hall–Kier alpha value is -3.49. The van der Waals surface area contributed by atoms with Gasteiger partial charge >= 0.3 is 0 Å². The first kappa shape index (κ1) is 19.5. The van der Waals surface area contributed by atoms with E-state index in [2.05, 4.69) is 11.1 Å². The van der Waals surface area contributed by atoms with Crippen LogP contribution >= 0.6 is 11.3 Å². The summed E-state index contributed by atoms with van der Waals surface area (Å²) in [6.07, 6.45) is 3.54. The summed E-state index contributed by atoms with van der Waals surface area (Å²) >= 11 is 1.47. The number of nitrogens with two attached hydrogens (primary N) is 1. The molecule has 4 aromatic rings. The normalized spacial score (nSPS) is 12.7. The number of pyridine rings is 1. The molecule has 0 saturated heterocycles. The lowest BCUT2D eigenvalue weighted by atomic mass is 10.1. The van der Waals surface area contributed by atoms with Gasteiger partial charge in [-0.15, -0.1) is 0 Å². The van der Waals surface area contributed by atoms with Crippen LogP contribution in [0.3, 0.4) is 0 Å². The van der Waals surface area contributed by atoms with Gasteiger partial charge in [-0.2, -0.15) is 0 Å². The summed E-state index contributed by atoms with van der Waals surface area (Å²) < 4.78 is 12.2. The van der Waals surface area contributed by atoms with Crippen molar-refractivity contribution >= 4 is 32.6 Å². The van der Waals surface area contributed by atoms with Gasteiger partial charge < -0.3 is 15.2 Å². The third-order valence-electron chi connectivity index (χ3n) is 5.01. The Labute approximate surface area is 183 Å². The highest BCUT2D eigenvalue weighted by Gasteiger charge is 2.23. The van der Waals surface area contributed by atoms with E-state index in [0.29, 0.717) is 48.5 Å². The summed E-state index contributed by atoms with van der Waals surface area (Å²) in [5.74, 6) is 1.06. The molecule has 1 aliphatic heterocycles. The lowest BCUT2D eigenvalue weighted by Gasteiger charge is -2.21. The highest BCUT2D eigenvalue weighted by Crippen LogP contribution is 2.34. The molecule has 2 aromatic carbocycles. The molecule has 1 amide bonds. The Morgan fingerprint density at radius 1 is 1.00 bits per heavy atom. The lowest BCUT2D eigenvalue weighted by Crippen LogP contribution is -2.35. The molecule has 5 rings (SSSR count). The van der Waals surface area contributed by atoms with Gasteiger partial charge in [-0.3, -0.25) is 14.7 Å². The third kappa shape index (κ3) is 3.83. The molecule has 0 unspecified atom stereocenters. The molecule has 0 spiro atoms. The Morgan fingerprint density at radius 2 is 1.81 bits per heavy atom. The number of hydrogen-bond acceptors (Lipinski definition) is 7. The Bertz CT molecular complexity index is 1240. The van der Waals surface area contributed by atoms with Gasteiger partial charge in [-0.25, -0.2) is 4.98 Å². The van der Waals surface area contributed by atoms with E-state index in [0.717, 1.165) is 21.3 Å². The van der Waals surface area contributed by atoms with E-state index in [1.165, 1.54) is 11.3 Å². The number of benzene rings is 2. The minimum Gasteiger partial charge on any atom is -0.486 e. The summed E-state index contributed by atoms with van der Waals surface area (Å²) in [6.45, 7) is 1.67. The second-order valence-electron chi connectivity index (χ2n) is 7.02. The van der Waals surface area contributed by atoms with Crippen molar-refractivity contribution in [1.29, 1.82) is 0 Å². The molecule has 156 valence electrons. The fourth-order valence-electron chi connectivity index (χ4n) is 3.50. The molecule has 0 saturated carbocycles. The van der Waals surface area contributed by atoms with Crippen molar-refractivity contribution in [2.75, 3.05) is 31.2 Å². The van der Waals surface area contributed by atoms with E-state index >= 15 is 0 Å². The summed E-state index contributed by atoms with van der Waals surface area (Å²) in [5.41, 5.74) is 9.33. The zero-order chi connectivity index (χ0) is 21.2. The molecule has 0 aliphatic carbocycles. The molecular weight excluding hydrogens is 412 g/mol. The first-order valence-electron chi connectivity index (χ1n) is 9.95. The molecule has 1 aliphatic rings. The molecule has 2 N–H and O–H groups in total. The van der Waals surface area contributed by atoms with E-state index in [-0.39, 0.29) is 5.91 Å². The predicted molar refractivity (Wildman–Crippen MR) is 121 cm³/mol. The molecule has 2 aromatic heterocycles. The van der Waals surface area contributed by atoms with Gasteiger partial charge in [0, 0.05) is 31.0 Å². The van der Waals surface area contributed by atoms with Gasteiger partial charge in [0.2, 0.25) is 0 Å². The van der Waals surface area contributed by atoms with Crippen LogP contribution in [0.2, 0.25) is 0 Å². The highest BCUT2D eigenvalue weighted by atomic mass is 32.1. The van der Waals surface area contributed by atoms with Gasteiger partial charge in [0.05, 0.1) is 10.2 Å². The number of nitrogens with zero attached hydrogens (tertiary/aromatic N) is 3. The number of thiazole rings is 1. The SMILES string of the molecule is NCCN(C(=O)c1ccc2c(c1)OCCO2)c1nc2ccc(-c3ccncc3)cc2s1. The molecule has 8 heteroatoms. The van der Waals surface area contributed by atoms with Crippen molar-refractivity contribution in [3.8, 4) is 22.6 Å². The van der Waals surface area contributed by atoms with Crippen LogP contribution in [0.4, 0.5) is 5.13 Å². The first-order chi connectivity index (χ1) is 15.2. The summed E-state index contributed by atoms with van der Waals surface area (Å²) in [6, 6.07) is 15.2. The second-order valence-corrected chi connectivity index (χ2v) is 8.03. The maximum atomic E-state index is 13.3. The molecule has 3 heterocycles. The van der Waals surface area contributed by atoms with Crippen molar-refractivity contribution in [1.82, 2.24) is 9.97 Å². The number of fused-ring (bicyclic) bond motifs is 2. The van der Waals surface area contributed by atoms with Crippen LogP contribution in [0.1, 0.15) is 10.4 Å². The van der Waals surface area contributed by atoms with E-state index in [4.69, 9.17) is 20.2 Å². The molecular formula is C23H20N4O3S. The monoisotopic (exact) mass is 432 g/mol. The second kappa shape index (κ2) is 8.33. The fourth-order valence-corrected chi connectivity index (χ4v) is 4.53. The average Bonchev–Trinajstić information content (AvgIpc) is 3.25. The fraction of sp³-hybridized carbons (Fsp3) is 0.174. The Morgan fingerprint density at radius 3 is 2.61 bits per heavy atom. The molecule has 0 atom stereocenters. The van der Waals surface area contributed by atoms with Gasteiger partial charge in [-0.05, 0) is 53.6 Å². The van der Waals surface area contributed by atoms with Gasteiger partial charge in [0.15, 0.2) is 16.6 Å². The Balaban J connectivity index is 1.49. The van der Waals surface area contributed by atoms with Crippen LogP contribution < -0.4 is 20.1 Å². The standard InChI is InChI=1S/C23H20N4O3S/c24-7-10-27(22(28)17-2-4-19-20(13-17)30-12-11-29-19)23-26-18-3-1-16(14-21(18)31-23)15-5-8-25-9-6-15/h1-6,8-9,13-14H,7,10-12,24H2. The number of carbonyl (C=O) groups is 1. The van der Waals surface area contributed by atoms with Crippen molar-refractivity contribution in [2.45, 2.75) is 0 Å². The smallest absolute Gasteiger partial charge is 0.260 e. The lowest BCUT2D eigenvalue weighted by molar-refractivity contribution is 0.0986. The van der Waals surface area contributed by atoms with Gasteiger partial charge in [0.25, 0.3) is 5.91 Å². The van der Waals surface area contributed by atoms with Gasteiger partial charge in [-0.1, -0.05) is 17.4 Å². The number of hydrogen-bond donors (Lipinski definition) is 1. The molecule has 0 fully saturated rings. The van der Waals surface area contributed by atoms with Crippen molar-refractivity contribution in [3.05, 3.63) is 66.5 Å². The molecule has 0 radical (unpaired) electrons. The quantitative estimate of drug-likeness (QED) is 0.517. The zero-order valence-corrected chi connectivity index (χ0v) is 17.5. The maximum absolute atomic E-state index is 13.3. The van der Waals surface area contributed by atoms with Crippen LogP contribution in [0.25, 0.3) is 21.3 Å². The van der Waals surface area contributed by atoms with Crippen LogP contribution in [0.15, 0.2) is 60.9 Å². The minimum atomic E-state index is -0.171. The van der Waals surface area contributed by atoms with Crippen molar-refractivity contribution < 1.29 is 14.3 Å². The molecule has 31 heavy (non-hydrogen) atoms. The third-order valence-corrected chi connectivity index (χ3v) is 6.05. The highest BCUT2D eigenvalue weighted by molar-refractivity contribution is 7.22. The maximum Gasteiger partial charge on any atom is 0.260 e. The number of aromatic nitrogens is 2.